The largest absolute Gasteiger partial charge is 0.369 e. The van der Waals surface area contributed by atoms with E-state index in [4.69, 9.17) is 11.6 Å². The van der Waals surface area contributed by atoms with E-state index in [9.17, 15) is 4.79 Å². The summed E-state index contributed by atoms with van der Waals surface area (Å²) in [6.07, 6.45) is 3.25. The molecule has 16 heavy (non-hydrogen) atoms. The molecule has 0 aliphatic carbocycles. The van der Waals surface area contributed by atoms with E-state index in [-0.39, 0.29) is 0 Å². The molecule has 0 aliphatic heterocycles. The molecule has 0 atom stereocenters. The fourth-order valence-electron chi connectivity index (χ4n) is 1.25. The van der Waals surface area contributed by atoms with Gasteiger partial charge in [-0.05, 0) is 33.1 Å². The third kappa shape index (κ3) is 4.16. The van der Waals surface area contributed by atoms with Gasteiger partial charge in [-0.15, -0.1) is 0 Å². The van der Waals surface area contributed by atoms with Gasteiger partial charge in [0.15, 0.2) is 6.29 Å². The molecule has 1 aromatic heterocycles. The number of carbonyl (C=O) groups excluding carboxylic acids is 1. The summed E-state index contributed by atoms with van der Waals surface area (Å²) >= 11 is 5.96. The molecule has 0 spiro atoms. The average Bonchev–Trinajstić information content (AvgIpc) is 2.25. The predicted molar refractivity (Wildman–Crippen MR) is 66.3 cm³/mol. The van der Waals surface area contributed by atoms with Crippen molar-refractivity contribution in [3.05, 3.63) is 22.8 Å². The molecular weight excluding hydrogens is 226 g/mol. The quantitative estimate of drug-likeness (QED) is 0.611. The lowest BCUT2D eigenvalue weighted by atomic mass is 10.3. The number of hydrogen-bond acceptors (Lipinski definition) is 4. The van der Waals surface area contributed by atoms with Crippen molar-refractivity contribution in [1.82, 2.24) is 9.88 Å². The summed E-state index contributed by atoms with van der Waals surface area (Å²) in [7, 11) is 4.06. The number of aromatic nitrogens is 1. The fraction of sp³-hybridized carbons (Fsp3) is 0.455. The second-order valence-corrected chi connectivity index (χ2v) is 4.21. The van der Waals surface area contributed by atoms with Crippen LogP contribution in [0.15, 0.2) is 12.3 Å². The number of carbonyl (C=O) groups is 1. The lowest BCUT2D eigenvalue weighted by Crippen LogP contribution is -2.16. The van der Waals surface area contributed by atoms with Crippen molar-refractivity contribution in [2.75, 3.05) is 32.5 Å². The minimum atomic E-state index is 0.481. The van der Waals surface area contributed by atoms with Crippen molar-refractivity contribution >= 4 is 23.7 Å². The molecule has 4 nitrogen and oxygen atoms in total. The highest BCUT2D eigenvalue weighted by Gasteiger charge is 2.02. The number of anilines is 1. The number of halogens is 1. The monoisotopic (exact) mass is 241 g/mol. The van der Waals surface area contributed by atoms with E-state index in [0.717, 1.165) is 25.8 Å². The zero-order valence-electron chi connectivity index (χ0n) is 9.53. The van der Waals surface area contributed by atoms with E-state index in [1.807, 2.05) is 14.1 Å². The molecule has 0 fully saturated rings. The second kappa shape index (κ2) is 6.45. The van der Waals surface area contributed by atoms with E-state index in [0.29, 0.717) is 16.4 Å². The topological polar surface area (TPSA) is 45.2 Å². The Morgan fingerprint density at radius 1 is 1.56 bits per heavy atom. The molecule has 5 heteroatoms. The first-order valence-corrected chi connectivity index (χ1v) is 5.50. The van der Waals surface area contributed by atoms with Crippen LogP contribution in [0.3, 0.4) is 0 Å². The smallest absolute Gasteiger partial charge is 0.151 e. The van der Waals surface area contributed by atoms with Gasteiger partial charge in [0, 0.05) is 18.3 Å². The van der Waals surface area contributed by atoms with E-state index >= 15 is 0 Å². The zero-order valence-corrected chi connectivity index (χ0v) is 10.3. The Labute approximate surface area is 101 Å². The van der Waals surface area contributed by atoms with Gasteiger partial charge in [0.2, 0.25) is 0 Å². The van der Waals surface area contributed by atoms with Gasteiger partial charge in [-0.1, -0.05) is 11.6 Å². The highest BCUT2D eigenvalue weighted by Crippen LogP contribution is 2.19. The van der Waals surface area contributed by atoms with Gasteiger partial charge in [-0.3, -0.25) is 4.79 Å². The summed E-state index contributed by atoms with van der Waals surface area (Å²) < 4.78 is 0. The van der Waals surface area contributed by atoms with Gasteiger partial charge in [0.25, 0.3) is 0 Å². The zero-order chi connectivity index (χ0) is 12.0. The molecule has 0 bridgehead atoms. The first-order chi connectivity index (χ1) is 7.63. The first kappa shape index (κ1) is 12.9. The van der Waals surface area contributed by atoms with Gasteiger partial charge in [-0.25, -0.2) is 4.98 Å². The van der Waals surface area contributed by atoms with Gasteiger partial charge in [0.05, 0.1) is 5.02 Å². The maximum absolute atomic E-state index is 10.5. The van der Waals surface area contributed by atoms with Crippen molar-refractivity contribution in [2.45, 2.75) is 6.42 Å². The third-order valence-electron chi connectivity index (χ3n) is 2.07. The number of nitrogens with zero attached hydrogens (tertiary/aromatic N) is 2. The first-order valence-electron chi connectivity index (χ1n) is 5.13. The number of pyridine rings is 1. The van der Waals surface area contributed by atoms with E-state index < -0.39 is 0 Å². The lowest BCUT2D eigenvalue weighted by Gasteiger charge is -2.10. The van der Waals surface area contributed by atoms with Crippen LogP contribution < -0.4 is 5.32 Å². The van der Waals surface area contributed by atoms with Crippen molar-refractivity contribution < 1.29 is 4.79 Å². The summed E-state index contributed by atoms with van der Waals surface area (Å²) in [6, 6.07) is 1.61. The van der Waals surface area contributed by atoms with Crippen LogP contribution in [0.2, 0.25) is 5.02 Å². The molecule has 1 rings (SSSR count). The van der Waals surface area contributed by atoms with Crippen molar-refractivity contribution in [3.63, 3.8) is 0 Å². The Balaban J connectivity index is 2.45. The summed E-state index contributed by atoms with van der Waals surface area (Å²) in [5.41, 5.74) is 0.490. The van der Waals surface area contributed by atoms with E-state index in [1.54, 1.807) is 6.07 Å². The predicted octanol–water partition coefficient (Wildman–Crippen LogP) is 1.91. The molecule has 1 N–H and O–H groups in total. The molecule has 0 amide bonds. The van der Waals surface area contributed by atoms with Crippen LogP contribution in [0.1, 0.15) is 16.8 Å². The van der Waals surface area contributed by atoms with Gasteiger partial charge >= 0.3 is 0 Å². The molecule has 88 valence electrons. The van der Waals surface area contributed by atoms with Crippen LogP contribution >= 0.6 is 11.6 Å². The Bertz CT molecular complexity index is 355. The van der Waals surface area contributed by atoms with Gasteiger partial charge in [-0.2, -0.15) is 0 Å². The van der Waals surface area contributed by atoms with E-state index in [1.165, 1.54) is 6.20 Å². The molecule has 0 saturated carbocycles. The Kier molecular flexibility index (Phi) is 5.22. The van der Waals surface area contributed by atoms with Gasteiger partial charge in [0.1, 0.15) is 5.82 Å². The summed E-state index contributed by atoms with van der Waals surface area (Å²) in [4.78, 5) is 16.7. The Morgan fingerprint density at radius 3 is 2.88 bits per heavy atom. The minimum absolute atomic E-state index is 0.481. The highest BCUT2D eigenvalue weighted by molar-refractivity contribution is 6.33. The fourth-order valence-corrected chi connectivity index (χ4v) is 1.49. The van der Waals surface area contributed by atoms with Gasteiger partial charge < -0.3 is 10.2 Å². The van der Waals surface area contributed by atoms with Crippen LogP contribution in [-0.4, -0.2) is 43.4 Å². The van der Waals surface area contributed by atoms with Crippen molar-refractivity contribution in [3.8, 4) is 0 Å². The van der Waals surface area contributed by atoms with Crippen molar-refractivity contribution in [2.24, 2.45) is 0 Å². The number of aldehydes is 1. The van der Waals surface area contributed by atoms with Crippen LogP contribution in [0.25, 0.3) is 0 Å². The number of hydrogen-bond donors (Lipinski definition) is 1. The molecule has 1 heterocycles. The van der Waals surface area contributed by atoms with Crippen molar-refractivity contribution in [1.29, 1.82) is 0 Å². The SMILES string of the molecule is CN(C)CCCNc1ncc(C=O)cc1Cl. The summed E-state index contributed by atoms with van der Waals surface area (Å²) in [5, 5.41) is 3.61. The maximum atomic E-state index is 10.5. The summed E-state index contributed by atoms with van der Waals surface area (Å²) in [5.74, 6) is 0.631. The van der Waals surface area contributed by atoms with Crippen LogP contribution in [0.5, 0.6) is 0 Å². The van der Waals surface area contributed by atoms with Crippen LogP contribution in [-0.2, 0) is 0 Å². The molecule has 0 aliphatic rings. The molecule has 0 radical (unpaired) electrons. The molecule has 0 aromatic carbocycles. The molecule has 1 aromatic rings. The van der Waals surface area contributed by atoms with Crippen LogP contribution in [0.4, 0.5) is 5.82 Å². The standard InChI is InChI=1S/C11H16ClN3O/c1-15(2)5-3-4-13-11-10(12)6-9(8-16)7-14-11/h6-8H,3-5H2,1-2H3,(H,13,14). The lowest BCUT2D eigenvalue weighted by molar-refractivity contribution is 0.112. The normalized spacial score (nSPS) is 10.5. The highest BCUT2D eigenvalue weighted by atomic mass is 35.5. The minimum Gasteiger partial charge on any atom is -0.369 e. The second-order valence-electron chi connectivity index (χ2n) is 3.80. The summed E-state index contributed by atoms with van der Waals surface area (Å²) in [6.45, 7) is 1.82. The van der Waals surface area contributed by atoms with E-state index in [2.05, 4.69) is 15.2 Å². The Morgan fingerprint density at radius 2 is 2.31 bits per heavy atom. The molecule has 0 saturated heterocycles. The van der Waals surface area contributed by atoms with Crippen LogP contribution in [0, 0.1) is 0 Å². The molecule has 0 unspecified atom stereocenters. The number of rotatable bonds is 6. The average molecular weight is 242 g/mol. The number of nitrogens with one attached hydrogen (secondary N) is 1. The molecular formula is C11H16ClN3O. The maximum Gasteiger partial charge on any atom is 0.151 e. The Hall–Kier alpha value is -1.13. The third-order valence-corrected chi connectivity index (χ3v) is 2.36.